The monoisotopic (exact) mass is 217 g/mol. The van der Waals surface area contributed by atoms with Crippen LogP contribution in [0.2, 0.25) is 0 Å². The van der Waals surface area contributed by atoms with Gasteiger partial charge in [0.05, 0.1) is 6.10 Å². The van der Waals surface area contributed by atoms with E-state index < -0.39 is 5.60 Å². The molecule has 4 nitrogen and oxygen atoms in total. The molecule has 90 valence electrons. The largest absolute Gasteiger partial charge is 0.386 e. The van der Waals surface area contributed by atoms with Crippen molar-refractivity contribution in [2.24, 2.45) is 0 Å². The molecule has 2 N–H and O–H groups in total. The van der Waals surface area contributed by atoms with Crippen LogP contribution in [0, 0.1) is 0 Å². The SMILES string of the molecule is COCCC(C)NCC1(O)CCOC1C. The molecule has 0 radical (unpaired) electrons. The Morgan fingerprint density at radius 2 is 2.40 bits per heavy atom. The Morgan fingerprint density at radius 3 is 2.93 bits per heavy atom. The van der Waals surface area contributed by atoms with Crippen LogP contribution in [0.4, 0.5) is 0 Å². The summed E-state index contributed by atoms with van der Waals surface area (Å²) in [4.78, 5) is 0. The third-order valence-corrected chi connectivity index (χ3v) is 3.17. The van der Waals surface area contributed by atoms with Gasteiger partial charge in [0.15, 0.2) is 0 Å². The van der Waals surface area contributed by atoms with Crippen molar-refractivity contribution >= 4 is 0 Å². The van der Waals surface area contributed by atoms with E-state index >= 15 is 0 Å². The van der Waals surface area contributed by atoms with E-state index in [0.29, 0.717) is 19.2 Å². The summed E-state index contributed by atoms with van der Waals surface area (Å²) in [7, 11) is 1.70. The second-order valence-electron chi connectivity index (χ2n) is 4.43. The van der Waals surface area contributed by atoms with Crippen molar-refractivity contribution in [3.63, 3.8) is 0 Å². The number of nitrogens with one attached hydrogen (secondary N) is 1. The van der Waals surface area contributed by atoms with Crippen molar-refractivity contribution in [3.8, 4) is 0 Å². The maximum atomic E-state index is 10.2. The Hall–Kier alpha value is -0.160. The first-order valence-corrected chi connectivity index (χ1v) is 5.65. The van der Waals surface area contributed by atoms with E-state index in [-0.39, 0.29) is 6.10 Å². The van der Waals surface area contributed by atoms with Crippen LogP contribution in [0.5, 0.6) is 0 Å². The van der Waals surface area contributed by atoms with Crippen LogP contribution in [0.15, 0.2) is 0 Å². The first-order valence-electron chi connectivity index (χ1n) is 5.65. The molecule has 0 spiro atoms. The van der Waals surface area contributed by atoms with E-state index in [1.165, 1.54) is 0 Å². The van der Waals surface area contributed by atoms with Gasteiger partial charge in [0.1, 0.15) is 5.60 Å². The van der Waals surface area contributed by atoms with Gasteiger partial charge >= 0.3 is 0 Å². The number of ether oxygens (including phenoxy) is 2. The highest BCUT2D eigenvalue weighted by Gasteiger charge is 2.39. The molecule has 3 unspecified atom stereocenters. The molecule has 0 amide bonds. The van der Waals surface area contributed by atoms with Crippen molar-refractivity contribution in [3.05, 3.63) is 0 Å². The maximum Gasteiger partial charge on any atom is 0.105 e. The number of hydrogen-bond acceptors (Lipinski definition) is 4. The van der Waals surface area contributed by atoms with E-state index in [4.69, 9.17) is 9.47 Å². The lowest BCUT2D eigenvalue weighted by Crippen LogP contribution is -2.48. The Labute approximate surface area is 92.0 Å². The molecule has 0 aliphatic carbocycles. The van der Waals surface area contributed by atoms with E-state index in [1.807, 2.05) is 6.92 Å². The van der Waals surface area contributed by atoms with E-state index in [1.54, 1.807) is 7.11 Å². The Morgan fingerprint density at radius 1 is 1.67 bits per heavy atom. The molecule has 1 fully saturated rings. The highest BCUT2D eigenvalue weighted by molar-refractivity contribution is 4.92. The molecule has 0 saturated carbocycles. The fourth-order valence-electron chi connectivity index (χ4n) is 1.75. The highest BCUT2D eigenvalue weighted by Crippen LogP contribution is 2.24. The number of aliphatic hydroxyl groups is 1. The van der Waals surface area contributed by atoms with Crippen LogP contribution in [-0.2, 0) is 9.47 Å². The molecule has 1 aliphatic heterocycles. The summed E-state index contributed by atoms with van der Waals surface area (Å²) in [5.41, 5.74) is -0.693. The van der Waals surface area contributed by atoms with E-state index in [2.05, 4.69) is 12.2 Å². The summed E-state index contributed by atoms with van der Waals surface area (Å²) in [5.74, 6) is 0. The zero-order valence-corrected chi connectivity index (χ0v) is 9.95. The van der Waals surface area contributed by atoms with Crippen LogP contribution in [-0.4, -0.2) is 49.7 Å². The second kappa shape index (κ2) is 5.80. The average molecular weight is 217 g/mol. The van der Waals surface area contributed by atoms with Gasteiger partial charge in [-0.25, -0.2) is 0 Å². The van der Waals surface area contributed by atoms with Gasteiger partial charge in [-0.2, -0.15) is 0 Å². The minimum absolute atomic E-state index is 0.0698. The number of hydrogen-bond donors (Lipinski definition) is 2. The second-order valence-corrected chi connectivity index (χ2v) is 4.43. The van der Waals surface area contributed by atoms with E-state index in [0.717, 1.165) is 19.4 Å². The fraction of sp³-hybridized carbons (Fsp3) is 1.00. The van der Waals surface area contributed by atoms with Gasteiger partial charge in [-0.15, -0.1) is 0 Å². The molecular weight excluding hydrogens is 194 g/mol. The quantitative estimate of drug-likeness (QED) is 0.682. The minimum atomic E-state index is -0.693. The molecule has 4 heteroatoms. The molecule has 1 rings (SSSR count). The molecular formula is C11H23NO3. The average Bonchev–Trinajstić information content (AvgIpc) is 2.54. The van der Waals surface area contributed by atoms with Crippen molar-refractivity contribution in [2.75, 3.05) is 26.9 Å². The van der Waals surface area contributed by atoms with Crippen LogP contribution in [0.1, 0.15) is 26.7 Å². The highest BCUT2D eigenvalue weighted by atomic mass is 16.5. The summed E-state index contributed by atoms with van der Waals surface area (Å²) in [6, 6.07) is 0.363. The summed E-state index contributed by atoms with van der Waals surface area (Å²) in [6.07, 6.45) is 1.61. The van der Waals surface area contributed by atoms with Gasteiger partial charge in [-0.1, -0.05) is 0 Å². The molecule has 1 aliphatic rings. The van der Waals surface area contributed by atoms with Gasteiger partial charge < -0.3 is 19.9 Å². The Balaban J connectivity index is 2.23. The van der Waals surface area contributed by atoms with Crippen molar-refractivity contribution in [1.82, 2.24) is 5.32 Å². The normalized spacial score (nSPS) is 33.2. The molecule has 0 aromatic heterocycles. The number of methoxy groups -OCH3 is 1. The first kappa shape index (κ1) is 12.9. The third-order valence-electron chi connectivity index (χ3n) is 3.17. The van der Waals surface area contributed by atoms with E-state index in [9.17, 15) is 5.11 Å². The molecule has 15 heavy (non-hydrogen) atoms. The maximum absolute atomic E-state index is 10.2. The lowest BCUT2D eigenvalue weighted by Gasteiger charge is -2.28. The summed E-state index contributed by atoms with van der Waals surface area (Å²) in [5, 5.41) is 13.5. The van der Waals surface area contributed by atoms with Gasteiger partial charge in [0.25, 0.3) is 0 Å². The van der Waals surface area contributed by atoms with Gasteiger partial charge in [-0.3, -0.25) is 0 Å². The standard InChI is InChI=1S/C11H23NO3/c1-9(4-6-14-3)12-8-11(13)5-7-15-10(11)2/h9-10,12-13H,4-8H2,1-3H3. The van der Waals surface area contributed by atoms with Crippen LogP contribution < -0.4 is 5.32 Å². The van der Waals surface area contributed by atoms with Crippen LogP contribution in [0.3, 0.4) is 0 Å². The van der Waals surface area contributed by atoms with Crippen molar-refractivity contribution in [2.45, 2.75) is 44.4 Å². The Kier molecular flexibility index (Phi) is 4.99. The molecule has 0 bridgehead atoms. The molecule has 3 atom stereocenters. The molecule has 1 saturated heterocycles. The molecule has 0 aromatic rings. The van der Waals surface area contributed by atoms with Crippen LogP contribution >= 0.6 is 0 Å². The third kappa shape index (κ3) is 3.72. The zero-order valence-electron chi connectivity index (χ0n) is 9.95. The zero-order chi connectivity index (χ0) is 11.3. The van der Waals surface area contributed by atoms with Gasteiger partial charge in [0, 0.05) is 39.3 Å². The lowest BCUT2D eigenvalue weighted by molar-refractivity contribution is -0.0277. The topological polar surface area (TPSA) is 50.7 Å². The molecule has 1 heterocycles. The van der Waals surface area contributed by atoms with Crippen LogP contribution in [0.25, 0.3) is 0 Å². The Bertz CT molecular complexity index is 189. The smallest absolute Gasteiger partial charge is 0.105 e. The molecule has 0 aromatic carbocycles. The summed E-state index contributed by atoms with van der Waals surface area (Å²) < 4.78 is 10.4. The predicted molar refractivity (Wildman–Crippen MR) is 58.9 cm³/mol. The minimum Gasteiger partial charge on any atom is -0.386 e. The van der Waals surface area contributed by atoms with Crippen molar-refractivity contribution < 1.29 is 14.6 Å². The first-order chi connectivity index (χ1) is 7.08. The fourth-order valence-corrected chi connectivity index (χ4v) is 1.75. The van der Waals surface area contributed by atoms with Crippen molar-refractivity contribution in [1.29, 1.82) is 0 Å². The summed E-state index contributed by atoms with van der Waals surface area (Å²) >= 11 is 0. The lowest BCUT2D eigenvalue weighted by atomic mass is 9.96. The predicted octanol–water partition coefficient (Wildman–Crippen LogP) is 0.541. The van der Waals surface area contributed by atoms with Gasteiger partial charge in [0.2, 0.25) is 0 Å². The van der Waals surface area contributed by atoms with Gasteiger partial charge in [-0.05, 0) is 20.3 Å². The summed E-state index contributed by atoms with van der Waals surface area (Å²) in [6.45, 7) is 6.03. The number of rotatable bonds is 6.